The molecule has 1 aromatic carbocycles. The monoisotopic (exact) mass is 204 g/mol. The molecule has 80 valence electrons. The molecule has 0 heterocycles. The number of rotatable bonds is 2. The summed E-state index contributed by atoms with van der Waals surface area (Å²) in [4.78, 5) is 0. The van der Waals surface area contributed by atoms with Gasteiger partial charge >= 0.3 is 0 Å². The van der Waals surface area contributed by atoms with Gasteiger partial charge in [-0.3, -0.25) is 0 Å². The van der Waals surface area contributed by atoms with Gasteiger partial charge in [-0.05, 0) is 32.4 Å². The fourth-order valence-electron chi connectivity index (χ4n) is 1.31. The van der Waals surface area contributed by atoms with Gasteiger partial charge in [-0.1, -0.05) is 17.7 Å². The molecule has 4 nitrogen and oxygen atoms in total. The van der Waals surface area contributed by atoms with E-state index >= 15 is 0 Å². The average molecular weight is 204 g/mol. The smallest absolute Gasteiger partial charge is 0.211 e. The highest BCUT2D eigenvalue weighted by Gasteiger charge is 2.01. The van der Waals surface area contributed by atoms with E-state index in [1.807, 2.05) is 20.8 Å². The summed E-state index contributed by atoms with van der Waals surface area (Å²) >= 11 is 0. The first-order chi connectivity index (χ1) is 7.00. The minimum Gasteiger partial charge on any atom is -0.369 e. The Kier molecular flexibility index (Phi) is 3.44. The quantitative estimate of drug-likeness (QED) is 0.433. The third-order valence-corrected chi connectivity index (χ3v) is 2.10. The van der Waals surface area contributed by atoms with Crippen molar-refractivity contribution in [2.75, 3.05) is 0 Å². The molecule has 0 aliphatic rings. The maximum Gasteiger partial charge on any atom is 0.211 e. The Morgan fingerprint density at radius 3 is 2.40 bits per heavy atom. The Labute approximate surface area is 89.7 Å². The van der Waals surface area contributed by atoms with Crippen LogP contribution in [0.15, 0.2) is 28.4 Å². The van der Waals surface area contributed by atoms with Crippen molar-refractivity contribution < 1.29 is 0 Å². The van der Waals surface area contributed by atoms with Crippen molar-refractivity contribution >= 4 is 11.7 Å². The van der Waals surface area contributed by atoms with Crippen LogP contribution in [0.2, 0.25) is 0 Å². The van der Waals surface area contributed by atoms with E-state index in [1.54, 1.807) is 0 Å². The van der Waals surface area contributed by atoms with Crippen LogP contribution in [0.25, 0.3) is 0 Å². The summed E-state index contributed by atoms with van der Waals surface area (Å²) < 4.78 is 0. The molecule has 1 aromatic rings. The highest BCUT2D eigenvalue weighted by molar-refractivity contribution is 6.00. The lowest BCUT2D eigenvalue weighted by Gasteiger charge is -2.05. The van der Waals surface area contributed by atoms with Crippen LogP contribution in [-0.4, -0.2) is 11.7 Å². The van der Waals surface area contributed by atoms with Crippen LogP contribution in [0.4, 0.5) is 0 Å². The second-order valence-corrected chi connectivity index (χ2v) is 3.53. The molecule has 0 saturated heterocycles. The van der Waals surface area contributed by atoms with Crippen molar-refractivity contribution in [1.82, 2.24) is 0 Å². The van der Waals surface area contributed by atoms with E-state index in [9.17, 15) is 0 Å². The van der Waals surface area contributed by atoms with Gasteiger partial charge in [0.15, 0.2) is 0 Å². The molecule has 0 unspecified atom stereocenters. The largest absolute Gasteiger partial charge is 0.369 e. The van der Waals surface area contributed by atoms with Crippen molar-refractivity contribution in [2.45, 2.75) is 20.8 Å². The zero-order valence-corrected chi connectivity index (χ0v) is 9.28. The predicted octanol–water partition coefficient (Wildman–Crippen LogP) is 1.30. The van der Waals surface area contributed by atoms with Gasteiger partial charge in [0, 0.05) is 5.56 Å². The molecule has 0 radical (unpaired) electrons. The Morgan fingerprint density at radius 2 is 1.80 bits per heavy atom. The Bertz CT molecular complexity index is 415. The summed E-state index contributed by atoms with van der Waals surface area (Å²) in [5, 5.41) is 7.58. The molecule has 0 spiro atoms. The van der Waals surface area contributed by atoms with Crippen LogP contribution < -0.4 is 11.5 Å². The third kappa shape index (κ3) is 3.09. The molecule has 0 fully saturated rings. The van der Waals surface area contributed by atoms with E-state index in [1.165, 1.54) is 5.56 Å². The second-order valence-electron chi connectivity index (χ2n) is 3.53. The highest BCUT2D eigenvalue weighted by Crippen LogP contribution is 2.11. The zero-order chi connectivity index (χ0) is 11.4. The summed E-state index contributed by atoms with van der Waals surface area (Å²) in [5.41, 5.74) is 14.6. The van der Waals surface area contributed by atoms with Crippen molar-refractivity contribution in [3.8, 4) is 0 Å². The average Bonchev–Trinajstić information content (AvgIpc) is 2.18. The molecule has 1 rings (SSSR count). The summed E-state index contributed by atoms with van der Waals surface area (Å²) in [6.07, 6.45) is 0. The lowest BCUT2D eigenvalue weighted by atomic mass is 10.0. The van der Waals surface area contributed by atoms with Crippen LogP contribution in [-0.2, 0) is 0 Å². The van der Waals surface area contributed by atoms with E-state index < -0.39 is 0 Å². The Balaban J connectivity index is 3.10. The summed E-state index contributed by atoms with van der Waals surface area (Å²) in [6.45, 7) is 5.95. The fourth-order valence-corrected chi connectivity index (χ4v) is 1.31. The zero-order valence-electron chi connectivity index (χ0n) is 9.28. The number of nitrogens with zero attached hydrogens (tertiary/aromatic N) is 2. The molecule has 0 aromatic heterocycles. The Morgan fingerprint density at radius 1 is 1.13 bits per heavy atom. The minimum atomic E-state index is -0.0281. The minimum absolute atomic E-state index is 0.0281. The van der Waals surface area contributed by atoms with Crippen LogP contribution in [0.1, 0.15) is 23.6 Å². The molecule has 4 heteroatoms. The predicted molar refractivity (Wildman–Crippen MR) is 63.9 cm³/mol. The van der Waals surface area contributed by atoms with Gasteiger partial charge in [0.25, 0.3) is 0 Å². The molecule has 4 N–H and O–H groups in total. The SMILES string of the molecule is C/C(=N/N=C(N)N)c1cc(C)ccc1C. The van der Waals surface area contributed by atoms with Gasteiger partial charge in [0.1, 0.15) is 0 Å². The molecular formula is C11H16N4. The van der Waals surface area contributed by atoms with Gasteiger partial charge in [-0.15, -0.1) is 5.10 Å². The van der Waals surface area contributed by atoms with E-state index in [4.69, 9.17) is 11.5 Å². The number of nitrogens with two attached hydrogens (primary N) is 2. The highest BCUT2D eigenvalue weighted by atomic mass is 15.3. The first kappa shape index (κ1) is 11.2. The molecule has 0 saturated carbocycles. The number of aryl methyl sites for hydroxylation is 2. The molecule has 0 amide bonds. The molecular weight excluding hydrogens is 188 g/mol. The van der Waals surface area contributed by atoms with Crippen LogP contribution in [0, 0.1) is 13.8 Å². The van der Waals surface area contributed by atoms with Crippen molar-refractivity contribution in [2.24, 2.45) is 21.7 Å². The number of guanidine groups is 1. The first-order valence-corrected chi connectivity index (χ1v) is 4.71. The van der Waals surface area contributed by atoms with Crippen molar-refractivity contribution in [3.63, 3.8) is 0 Å². The first-order valence-electron chi connectivity index (χ1n) is 4.71. The number of hydrogen-bond donors (Lipinski definition) is 2. The molecule has 0 bridgehead atoms. The fraction of sp³-hybridized carbons (Fsp3) is 0.273. The summed E-state index contributed by atoms with van der Waals surface area (Å²) in [6, 6.07) is 6.18. The van der Waals surface area contributed by atoms with Crippen molar-refractivity contribution in [3.05, 3.63) is 34.9 Å². The maximum atomic E-state index is 5.21. The number of benzene rings is 1. The summed E-state index contributed by atoms with van der Waals surface area (Å²) in [5.74, 6) is -0.0281. The van der Waals surface area contributed by atoms with Crippen LogP contribution in [0.5, 0.6) is 0 Å². The third-order valence-electron chi connectivity index (χ3n) is 2.10. The normalized spacial score (nSPS) is 11.3. The van der Waals surface area contributed by atoms with Crippen LogP contribution in [0.3, 0.4) is 0 Å². The molecule has 0 atom stereocenters. The van der Waals surface area contributed by atoms with Gasteiger partial charge in [0.05, 0.1) is 5.71 Å². The molecule has 0 aliphatic heterocycles. The van der Waals surface area contributed by atoms with Gasteiger partial charge in [-0.2, -0.15) is 5.10 Å². The van der Waals surface area contributed by atoms with Gasteiger partial charge in [-0.25, -0.2) is 0 Å². The van der Waals surface area contributed by atoms with E-state index in [0.29, 0.717) is 0 Å². The van der Waals surface area contributed by atoms with E-state index in [-0.39, 0.29) is 5.96 Å². The molecule has 15 heavy (non-hydrogen) atoms. The Hall–Kier alpha value is -1.84. The number of hydrogen-bond acceptors (Lipinski definition) is 2. The maximum absolute atomic E-state index is 5.21. The van der Waals surface area contributed by atoms with Crippen LogP contribution >= 0.6 is 0 Å². The topological polar surface area (TPSA) is 76.8 Å². The molecule has 0 aliphatic carbocycles. The second kappa shape index (κ2) is 4.59. The van der Waals surface area contributed by atoms with E-state index in [0.717, 1.165) is 16.8 Å². The van der Waals surface area contributed by atoms with E-state index in [2.05, 4.69) is 28.4 Å². The standard InChI is InChI=1S/C11H16N4/c1-7-4-5-8(2)10(6-7)9(3)14-15-11(12)13/h4-6H,1-3H3,(H4,12,13,15)/b14-9-. The van der Waals surface area contributed by atoms with Gasteiger partial charge in [0.2, 0.25) is 5.96 Å². The lowest BCUT2D eigenvalue weighted by Crippen LogP contribution is -2.22. The van der Waals surface area contributed by atoms with Crippen molar-refractivity contribution in [1.29, 1.82) is 0 Å². The lowest BCUT2D eigenvalue weighted by molar-refractivity contribution is 1.19. The van der Waals surface area contributed by atoms with Gasteiger partial charge < -0.3 is 11.5 Å². The summed E-state index contributed by atoms with van der Waals surface area (Å²) in [7, 11) is 0.